The Morgan fingerprint density at radius 1 is 1.28 bits per heavy atom. The van der Waals surface area contributed by atoms with Gasteiger partial charge in [0.05, 0.1) is 19.8 Å². The number of carbonyl (C=O) groups excluding carboxylic acids is 1. The van der Waals surface area contributed by atoms with Crippen LogP contribution < -0.4 is 15.2 Å². The van der Waals surface area contributed by atoms with Gasteiger partial charge < -0.3 is 15.2 Å². The van der Waals surface area contributed by atoms with Gasteiger partial charge in [-0.05, 0) is 37.8 Å². The number of ether oxygens (including phenoxy) is 2. The molecule has 1 atom stereocenters. The lowest BCUT2D eigenvalue weighted by molar-refractivity contribution is 0.0876. The van der Waals surface area contributed by atoms with Gasteiger partial charge in [0.1, 0.15) is 17.1 Å². The molecule has 1 unspecified atom stereocenters. The third-order valence-corrected chi connectivity index (χ3v) is 3.57. The lowest BCUT2D eigenvalue weighted by Gasteiger charge is -2.24. The summed E-state index contributed by atoms with van der Waals surface area (Å²) in [6, 6.07) is 5.29. The maximum atomic E-state index is 12.6. The van der Waals surface area contributed by atoms with Crippen molar-refractivity contribution in [2.24, 2.45) is 11.7 Å². The van der Waals surface area contributed by atoms with Gasteiger partial charge in [0, 0.05) is 0 Å². The SMILES string of the molecule is COc1cccc(OC)c1C(=O)C(C)(N)C1CC1. The molecule has 4 heteroatoms. The Hall–Kier alpha value is -1.55. The van der Waals surface area contributed by atoms with Crippen LogP contribution in [0.5, 0.6) is 11.5 Å². The minimum Gasteiger partial charge on any atom is -0.496 e. The number of nitrogens with two attached hydrogens (primary N) is 1. The fourth-order valence-electron chi connectivity index (χ4n) is 2.21. The summed E-state index contributed by atoms with van der Waals surface area (Å²) in [5.74, 6) is 1.17. The third kappa shape index (κ3) is 2.08. The highest BCUT2D eigenvalue weighted by atomic mass is 16.5. The Labute approximate surface area is 107 Å². The monoisotopic (exact) mass is 249 g/mol. The molecule has 0 radical (unpaired) electrons. The first kappa shape index (κ1) is 12.9. The summed E-state index contributed by atoms with van der Waals surface area (Å²) < 4.78 is 10.5. The number of Topliss-reactive ketones (excluding diaryl/α,β-unsaturated/α-hetero) is 1. The third-order valence-electron chi connectivity index (χ3n) is 3.57. The van der Waals surface area contributed by atoms with Crippen molar-refractivity contribution in [3.8, 4) is 11.5 Å². The van der Waals surface area contributed by atoms with Crippen molar-refractivity contribution in [1.82, 2.24) is 0 Å². The van der Waals surface area contributed by atoms with Crippen molar-refractivity contribution in [3.63, 3.8) is 0 Å². The molecule has 1 aliphatic carbocycles. The molecular weight excluding hydrogens is 230 g/mol. The first-order chi connectivity index (χ1) is 8.52. The molecule has 2 N–H and O–H groups in total. The van der Waals surface area contributed by atoms with Gasteiger partial charge in [0.2, 0.25) is 0 Å². The zero-order valence-corrected chi connectivity index (χ0v) is 11.0. The summed E-state index contributed by atoms with van der Waals surface area (Å²) >= 11 is 0. The first-order valence-corrected chi connectivity index (χ1v) is 6.07. The van der Waals surface area contributed by atoms with Crippen molar-refractivity contribution in [3.05, 3.63) is 23.8 Å². The van der Waals surface area contributed by atoms with E-state index in [0.717, 1.165) is 12.8 Å². The number of rotatable bonds is 5. The van der Waals surface area contributed by atoms with Gasteiger partial charge in [0.25, 0.3) is 0 Å². The lowest BCUT2D eigenvalue weighted by Crippen LogP contribution is -2.47. The van der Waals surface area contributed by atoms with Crippen molar-refractivity contribution >= 4 is 5.78 Å². The fraction of sp³-hybridized carbons (Fsp3) is 0.500. The molecule has 0 aromatic heterocycles. The van der Waals surface area contributed by atoms with Gasteiger partial charge in [-0.15, -0.1) is 0 Å². The molecule has 0 aliphatic heterocycles. The summed E-state index contributed by atoms with van der Waals surface area (Å²) in [6.45, 7) is 1.79. The Morgan fingerprint density at radius 3 is 2.17 bits per heavy atom. The van der Waals surface area contributed by atoms with Crippen molar-refractivity contribution in [1.29, 1.82) is 0 Å². The van der Waals surface area contributed by atoms with E-state index in [9.17, 15) is 4.79 Å². The Morgan fingerprint density at radius 2 is 1.78 bits per heavy atom. The molecule has 0 spiro atoms. The summed E-state index contributed by atoms with van der Waals surface area (Å²) in [7, 11) is 3.08. The van der Waals surface area contributed by atoms with Gasteiger partial charge >= 0.3 is 0 Å². The van der Waals surface area contributed by atoms with Crippen LogP contribution in [0, 0.1) is 5.92 Å². The zero-order chi connectivity index (χ0) is 13.3. The van der Waals surface area contributed by atoms with Gasteiger partial charge in [-0.1, -0.05) is 6.07 Å². The van der Waals surface area contributed by atoms with E-state index in [2.05, 4.69) is 0 Å². The lowest BCUT2D eigenvalue weighted by atomic mass is 9.86. The molecule has 0 bridgehead atoms. The molecule has 1 aliphatic rings. The summed E-state index contributed by atoms with van der Waals surface area (Å²) in [5.41, 5.74) is 5.78. The quantitative estimate of drug-likeness (QED) is 0.811. The van der Waals surface area contributed by atoms with Crippen LogP contribution in [-0.4, -0.2) is 25.5 Å². The molecular formula is C14H19NO3. The molecule has 0 saturated heterocycles. The average molecular weight is 249 g/mol. The minimum absolute atomic E-state index is 0.112. The Kier molecular flexibility index (Phi) is 3.30. The maximum absolute atomic E-state index is 12.6. The van der Waals surface area contributed by atoms with Crippen LogP contribution in [0.25, 0.3) is 0 Å². The molecule has 0 heterocycles. The summed E-state index contributed by atoms with van der Waals surface area (Å²) in [6.07, 6.45) is 2.02. The van der Waals surface area contributed by atoms with Crippen molar-refractivity contribution in [2.45, 2.75) is 25.3 Å². The largest absolute Gasteiger partial charge is 0.496 e. The second-order valence-electron chi connectivity index (χ2n) is 4.92. The number of hydrogen-bond acceptors (Lipinski definition) is 4. The van der Waals surface area contributed by atoms with E-state index in [1.807, 2.05) is 0 Å². The minimum atomic E-state index is -0.845. The zero-order valence-electron chi connectivity index (χ0n) is 11.0. The number of carbonyl (C=O) groups is 1. The molecule has 1 saturated carbocycles. The van der Waals surface area contributed by atoms with E-state index < -0.39 is 5.54 Å². The molecule has 0 amide bonds. The van der Waals surface area contributed by atoms with Gasteiger partial charge in [-0.25, -0.2) is 0 Å². The van der Waals surface area contributed by atoms with Crippen LogP contribution in [0.2, 0.25) is 0 Å². The summed E-state index contributed by atoms with van der Waals surface area (Å²) in [4.78, 5) is 12.6. The highest BCUT2D eigenvalue weighted by Gasteiger charge is 2.45. The standard InChI is InChI=1S/C14H19NO3/c1-14(15,9-7-8-9)13(16)12-10(17-2)5-4-6-11(12)18-3/h4-6,9H,7-8,15H2,1-3H3. The highest BCUT2D eigenvalue weighted by Crippen LogP contribution is 2.42. The highest BCUT2D eigenvalue weighted by molar-refractivity contribution is 6.07. The van der Waals surface area contributed by atoms with E-state index in [-0.39, 0.29) is 11.7 Å². The van der Waals surface area contributed by atoms with E-state index in [0.29, 0.717) is 17.1 Å². The van der Waals surface area contributed by atoms with Crippen LogP contribution in [-0.2, 0) is 0 Å². The average Bonchev–Trinajstić information content (AvgIpc) is 3.21. The molecule has 1 fully saturated rings. The van der Waals surface area contributed by atoms with E-state index in [1.165, 1.54) is 14.2 Å². The predicted octanol–water partition coefficient (Wildman–Crippen LogP) is 2.01. The van der Waals surface area contributed by atoms with Crippen molar-refractivity contribution in [2.75, 3.05) is 14.2 Å². The van der Waals surface area contributed by atoms with E-state index in [1.54, 1.807) is 25.1 Å². The maximum Gasteiger partial charge on any atom is 0.190 e. The predicted molar refractivity (Wildman–Crippen MR) is 69.2 cm³/mol. The second-order valence-corrected chi connectivity index (χ2v) is 4.92. The van der Waals surface area contributed by atoms with Crippen molar-refractivity contribution < 1.29 is 14.3 Å². The van der Waals surface area contributed by atoms with Crippen LogP contribution in [0.3, 0.4) is 0 Å². The number of benzene rings is 1. The summed E-state index contributed by atoms with van der Waals surface area (Å²) in [5, 5.41) is 0. The normalized spacial score (nSPS) is 18.0. The fourth-order valence-corrected chi connectivity index (χ4v) is 2.21. The van der Waals surface area contributed by atoms with E-state index in [4.69, 9.17) is 15.2 Å². The molecule has 2 rings (SSSR count). The van der Waals surface area contributed by atoms with Crippen LogP contribution in [0.15, 0.2) is 18.2 Å². The van der Waals surface area contributed by atoms with E-state index >= 15 is 0 Å². The molecule has 18 heavy (non-hydrogen) atoms. The Balaban J connectivity index is 2.45. The van der Waals surface area contributed by atoms with Gasteiger partial charge in [0.15, 0.2) is 5.78 Å². The second kappa shape index (κ2) is 4.61. The number of hydrogen-bond donors (Lipinski definition) is 1. The van der Waals surface area contributed by atoms with Crippen LogP contribution >= 0.6 is 0 Å². The molecule has 4 nitrogen and oxygen atoms in total. The molecule has 98 valence electrons. The van der Waals surface area contributed by atoms with Crippen LogP contribution in [0.4, 0.5) is 0 Å². The molecule has 1 aromatic rings. The smallest absolute Gasteiger partial charge is 0.190 e. The molecule has 1 aromatic carbocycles. The van der Waals surface area contributed by atoms with Gasteiger partial charge in [-0.3, -0.25) is 4.79 Å². The Bertz CT molecular complexity index is 442. The first-order valence-electron chi connectivity index (χ1n) is 6.07. The number of ketones is 1. The topological polar surface area (TPSA) is 61.5 Å². The van der Waals surface area contributed by atoms with Crippen LogP contribution in [0.1, 0.15) is 30.1 Å². The van der Waals surface area contributed by atoms with Gasteiger partial charge in [-0.2, -0.15) is 0 Å². The number of methoxy groups -OCH3 is 2.